The fourth-order valence-electron chi connectivity index (χ4n) is 2.40. The Kier molecular flexibility index (Phi) is 7.65. The van der Waals surface area contributed by atoms with Crippen LogP contribution in [-0.2, 0) is 9.53 Å². The Labute approximate surface area is 138 Å². The summed E-state index contributed by atoms with van der Waals surface area (Å²) < 4.78 is 10.9. The highest BCUT2D eigenvalue weighted by molar-refractivity contribution is 5.95. The molecule has 1 aliphatic rings. The normalized spacial score (nSPS) is 16.5. The summed E-state index contributed by atoms with van der Waals surface area (Å²) in [5.41, 5.74) is 6.10. The number of anilines is 1. The average Bonchev–Trinajstić information content (AvgIpc) is 2.54. The second-order valence-electron chi connectivity index (χ2n) is 5.42. The van der Waals surface area contributed by atoms with Gasteiger partial charge in [0, 0.05) is 25.4 Å². The molecule has 1 aromatic carbocycles. The first-order valence-electron chi connectivity index (χ1n) is 7.52. The molecule has 0 radical (unpaired) electrons. The van der Waals surface area contributed by atoms with Gasteiger partial charge in [-0.3, -0.25) is 4.79 Å². The van der Waals surface area contributed by atoms with Crippen LogP contribution in [0.15, 0.2) is 24.3 Å². The summed E-state index contributed by atoms with van der Waals surface area (Å²) in [6.45, 7) is 4.29. The Morgan fingerprint density at radius 2 is 1.95 bits per heavy atom. The number of nitrogens with two attached hydrogens (primary N) is 1. The number of amides is 1. The Bertz CT molecular complexity index is 459. The molecule has 1 saturated heterocycles. The number of ether oxygens (including phenoxy) is 2. The molecule has 6 heteroatoms. The van der Waals surface area contributed by atoms with Gasteiger partial charge in [0.25, 0.3) is 0 Å². The fraction of sp³-hybridized carbons (Fsp3) is 0.562. The molecule has 3 N–H and O–H groups in total. The third kappa shape index (κ3) is 4.60. The van der Waals surface area contributed by atoms with Crippen LogP contribution in [0.3, 0.4) is 0 Å². The van der Waals surface area contributed by atoms with Gasteiger partial charge in [0.1, 0.15) is 5.75 Å². The van der Waals surface area contributed by atoms with E-state index in [1.54, 1.807) is 0 Å². The van der Waals surface area contributed by atoms with Crippen molar-refractivity contribution in [3.8, 4) is 5.75 Å². The van der Waals surface area contributed by atoms with Gasteiger partial charge in [-0.1, -0.05) is 6.92 Å². The largest absolute Gasteiger partial charge is 0.494 e. The lowest BCUT2D eigenvalue weighted by atomic mass is 9.79. The van der Waals surface area contributed by atoms with Crippen molar-refractivity contribution >= 4 is 24.0 Å². The maximum atomic E-state index is 12.5. The van der Waals surface area contributed by atoms with E-state index in [9.17, 15) is 4.79 Å². The van der Waals surface area contributed by atoms with Crippen LogP contribution in [0.1, 0.15) is 26.2 Å². The summed E-state index contributed by atoms with van der Waals surface area (Å²) in [7, 11) is 0. The summed E-state index contributed by atoms with van der Waals surface area (Å²) in [6, 6.07) is 7.44. The van der Waals surface area contributed by atoms with Crippen molar-refractivity contribution in [3.05, 3.63) is 24.3 Å². The lowest BCUT2D eigenvalue weighted by Gasteiger charge is -2.34. The minimum absolute atomic E-state index is 0. The fourth-order valence-corrected chi connectivity index (χ4v) is 2.40. The molecular weight excluding hydrogens is 304 g/mol. The second kappa shape index (κ2) is 8.98. The smallest absolute Gasteiger partial charge is 0.232 e. The number of carbonyl (C=O) groups excluding carboxylic acids is 1. The van der Waals surface area contributed by atoms with E-state index in [2.05, 4.69) is 12.2 Å². The van der Waals surface area contributed by atoms with Crippen LogP contribution in [0.25, 0.3) is 0 Å². The Morgan fingerprint density at radius 1 is 1.32 bits per heavy atom. The maximum Gasteiger partial charge on any atom is 0.232 e. The minimum atomic E-state index is -0.504. The number of hydrogen-bond donors (Lipinski definition) is 2. The quantitative estimate of drug-likeness (QED) is 0.841. The van der Waals surface area contributed by atoms with Gasteiger partial charge in [-0.2, -0.15) is 0 Å². The molecule has 0 saturated carbocycles. The van der Waals surface area contributed by atoms with Crippen LogP contribution >= 0.6 is 12.4 Å². The minimum Gasteiger partial charge on any atom is -0.494 e. The molecule has 0 atom stereocenters. The molecule has 22 heavy (non-hydrogen) atoms. The molecule has 0 aromatic heterocycles. The Morgan fingerprint density at radius 3 is 2.50 bits per heavy atom. The van der Waals surface area contributed by atoms with E-state index in [0.717, 1.165) is 17.9 Å². The number of nitrogens with one attached hydrogen (secondary N) is 1. The SMILES string of the molecule is CCCOc1ccc(NC(=O)C2(CN)CCOCC2)cc1.Cl. The summed E-state index contributed by atoms with van der Waals surface area (Å²) in [5.74, 6) is 0.796. The molecule has 0 spiro atoms. The van der Waals surface area contributed by atoms with Crippen molar-refractivity contribution in [1.29, 1.82) is 0 Å². The molecule has 1 heterocycles. The summed E-state index contributed by atoms with van der Waals surface area (Å²) in [4.78, 5) is 12.5. The molecule has 124 valence electrons. The summed E-state index contributed by atoms with van der Waals surface area (Å²) >= 11 is 0. The van der Waals surface area contributed by atoms with Crippen molar-refractivity contribution in [2.24, 2.45) is 11.1 Å². The van der Waals surface area contributed by atoms with Crippen molar-refractivity contribution in [2.75, 3.05) is 31.7 Å². The number of benzene rings is 1. The zero-order valence-corrected chi connectivity index (χ0v) is 13.8. The van der Waals surface area contributed by atoms with Gasteiger partial charge in [0.2, 0.25) is 5.91 Å². The van der Waals surface area contributed by atoms with Gasteiger partial charge in [-0.15, -0.1) is 12.4 Å². The van der Waals surface area contributed by atoms with E-state index in [4.69, 9.17) is 15.2 Å². The van der Waals surface area contributed by atoms with Gasteiger partial charge in [-0.25, -0.2) is 0 Å². The molecule has 1 amide bonds. The van der Waals surface area contributed by atoms with Crippen molar-refractivity contribution < 1.29 is 14.3 Å². The van der Waals surface area contributed by atoms with Crippen molar-refractivity contribution in [1.82, 2.24) is 0 Å². The van der Waals surface area contributed by atoms with Crippen LogP contribution < -0.4 is 15.8 Å². The first-order valence-corrected chi connectivity index (χ1v) is 7.52. The Hall–Kier alpha value is -1.30. The van der Waals surface area contributed by atoms with E-state index in [-0.39, 0.29) is 18.3 Å². The van der Waals surface area contributed by atoms with Crippen LogP contribution in [-0.4, -0.2) is 32.3 Å². The predicted molar refractivity (Wildman–Crippen MR) is 89.6 cm³/mol. The molecule has 1 aliphatic heterocycles. The average molecular weight is 329 g/mol. The van der Waals surface area contributed by atoms with Crippen molar-refractivity contribution in [2.45, 2.75) is 26.2 Å². The molecule has 0 bridgehead atoms. The van der Waals surface area contributed by atoms with E-state index in [1.165, 1.54) is 0 Å². The van der Waals surface area contributed by atoms with Crippen LogP contribution in [0, 0.1) is 5.41 Å². The highest BCUT2D eigenvalue weighted by Gasteiger charge is 2.38. The number of rotatable bonds is 6. The van der Waals surface area contributed by atoms with Crippen LogP contribution in [0.2, 0.25) is 0 Å². The topological polar surface area (TPSA) is 73.6 Å². The monoisotopic (exact) mass is 328 g/mol. The molecule has 2 rings (SSSR count). The third-order valence-corrected chi connectivity index (χ3v) is 3.91. The van der Waals surface area contributed by atoms with E-state index in [1.807, 2.05) is 24.3 Å². The van der Waals surface area contributed by atoms with Crippen molar-refractivity contribution in [3.63, 3.8) is 0 Å². The van der Waals surface area contributed by atoms with Gasteiger partial charge < -0.3 is 20.5 Å². The molecule has 1 aromatic rings. The molecule has 0 unspecified atom stereocenters. The van der Waals surface area contributed by atoms with Gasteiger partial charge in [0.05, 0.1) is 12.0 Å². The molecule has 0 aliphatic carbocycles. The zero-order chi connectivity index (χ0) is 15.1. The third-order valence-electron chi connectivity index (χ3n) is 3.91. The maximum absolute atomic E-state index is 12.5. The first-order chi connectivity index (χ1) is 10.2. The predicted octanol–water partition coefficient (Wildman–Crippen LogP) is 2.59. The lowest BCUT2D eigenvalue weighted by Crippen LogP contribution is -2.46. The molecular formula is C16H25ClN2O3. The zero-order valence-electron chi connectivity index (χ0n) is 13.0. The van der Waals surface area contributed by atoms with E-state index < -0.39 is 5.41 Å². The number of hydrogen-bond acceptors (Lipinski definition) is 4. The van der Waals surface area contributed by atoms with E-state index in [0.29, 0.717) is 39.2 Å². The number of halogens is 1. The lowest BCUT2D eigenvalue weighted by molar-refractivity contribution is -0.130. The van der Waals surface area contributed by atoms with Gasteiger partial charge in [-0.05, 0) is 43.5 Å². The molecule has 1 fully saturated rings. The Balaban J connectivity index is 0.00000242. The summed E-state index contributed by atoms with van der Waals surface area (Å²) in [6.07, 6.45) is 2.32. The summed E-state index contributed by atoms with van der Waals surface area (Å²) in [5, 5.41) is 2.96. The number of carbonyl (C=O) groups is 1. The first kappa shape index (κ1) is 18.7. The highest BCUT2D eigenvalue weighted by atomic mass is 35.5. The highest BCUT2D eigenvalue weighted by Crippen LogP contribution is 2.31. The van der Waals surface area contributed by atoms with E-state index >= 15 is 0 Å². The standard InChI is InChI=1S/C16H24N2O3.ClH/c1-2-9-21-14-5-3-13(4-6-14)18-15(19)16(12-17)7-10-20-11-8-16;/h3-6H,2,7-12,17H2,1H3,(H,18,19);1H. The van der Waals surface area contributed by atoms with Gasteiger partial charge in [0.15, 0.2) is 0 Å². The van der Waals surface area contributed by atoms with Gasteiger partial charge >= 0.3 is 0 Å². The second-order valence-corrected chi connectivity index (χ2v) is 5.42. The van der Waals surface area contributed by atoms with Crippen LogP contribution in [0.5, 0.6) is 5.75 Å². The van der Waals surface area contributed by atoms with Crippen LogP contribution in [0.4, 0.5) is 5.69 Å². The molecule has 5 nitrogen and oxygen atoms in total.